The number of nitrogens with zero attached hydrogens (tertiary/aromatic N) is 2. The summed E-state index contributed by atoms with van der Waals surface area (Å²) < 4.78 is 2.31. The molecule has 3 aromatic rings. The van der Waals surface area contributed by atoms with Crippen molar-refractivity contribution in [3.63, 3.8) is 0 Å². The van der Waals surface area contributed by atoms with Crippen LogP contribution in [0.1, 0.15) is 29.3 Å². The minimum Gasteiger partial charge on any atom is -0.371 e. The molecule has 0 radical (unpaired) electrons. The van der Waals surface area contributed by atoms with E-state index in [-0.39, 0.29) is 0 Å². The molecule has 25 heavy (non-hydrogen) atoms. The predicted octanol–water partition coefficient (Wildman–Crippen LogP) is 6.56. The number of aromatic nitrogens is 1. The summed E-state index contributed by atoms with van der Waals surface area (Å²) in [6, 6.07) is 14.3. The first-order valence-corrected chi connectivity index (χ1v) is 10.3. The summed E-state index contributed by atoms with van der Waals surface area (Å²) in [7, 11) is 0. The molecular weight excluding hydrogens is 416 g/mol. The largest absolute Gasteiger partial charge is 0.371 e. The minimum absolute atomic E-state index is 0.530. The smallest absolute Gasteiger partial charge is 0.0970 e. The predicted molar refractivity (Wildman–Crippen MR) is 111 cm³/mol. The van der Waals surface area contributed by atoms with Crippen molar-refractivity contribution < 1.29 is 0 Å². The average Bonchev–Trinajstić information content (AvgIpc) is 3.04. The Morgan fingerprint density at radius 1 is 1.20 bits per heavy atom. The second kappa shape index (κ2) is 7.10. The van der Waals surface area contributed by atoms with Crippen molar-refractivity contribution in [3.05, 3.63) is 69.1 Å². The van der Waals surface area contributed by atoms with Crippen molar-refractivity contribution in [1.82, 2.24) is 9.88 Å². The van der Waals surface area contributed by atoms with Crippen LogP contribution in [0.4, 0.5) is 0 Å². The number of hydrogen-bond donors (Lipinski definition) is 0. The van der Waals surface area contributed by atoms with Crippen molar-refractivity contribution in [1.29, 1.82) is 0 Å². The first kappa shape index (κ1) is 17.1. The third kappa shape index (κ3) is 3.62. The molecular formula is C20H18BrClN2S. The van der Waals surface area contributed by atoms with Gasteiger partial charge in [-0.3, -0.25) is 0 Å². The van der Waals surface area contributed by atoms with Crippen LogP contribution in [-0.2, 0) is 0 Å². The van der Waals surface area contributed by atoms with Crippen LogP contribution in [0.3, 0.4) is 0 Å². The van der Waals surface area contributed by atoms with Gasteiger partial charge in [-0.1, -0.05) is 46.2 Å². The molecule has 2 heterocycles. The maximum atomic E-state index is 6.08. The van der Waals surface area contributed by atoms with Gasteiger partial charge in [0.1, 0.15) is 0 Å². The van der Waals surface area contributed by atoms with E-state index in [2.05, 4.69) is 51.7 Å². The van der Waals surface area contributed by atoms with E-state index in [1.807, 2.05) is 18.2 Å². The molecule has 128 valence electrons. The fraction of sp³-hybridized carbons (Fsp3) is 0.250. The summed E-state index contributed by atoms with van der Waals surface area (Å²) >= 11 is 11.4. The lowest BCUT2D eigenvalue weighted by Crippen LogP contribution is -2.31. The van der Waals surface area contributed by atoms with Crippen LogP contribution in [-0.4, -0.2) is 23.0 Å². The highest BCUT2D eigenvalue weighted by atomic mass is 79.9. The maximum Gasteiger partial charge on any atom is 0.0970 e. The second-order valence-electron chi connectivity index (χ2n) is 6.38. The molecule has 2 nitrogen and oxygen atoms in total. The van der Waals surface area contributed by atoms with Gasteiger partial charge in [0.2, 0.25) is 0 Å². The summed E-state index contributed by atoms with van der Waals surface area (Å²) in [6.45, 7) is 6.35. The molecule has 0 unspecified atom stereocenters. The van der Waals surface area contributed by atoms with Crippen LogP contribution in [0.15, 0.2) is 53.5 Å². The van der Waals surface area contributed by atoms with Crippen LogP contribution >= 0.6 is 38.9 Å². The normalized spacial score (nSPS) is 15.7. The van der Waals surface area contributed by atoms with Gasteiger partial charge >= 0.3 is 0 Å². The van der Waals surface area contributed by atoms with E-state index in [0.29, 0.717) is 5.92 Å². The molecule has 4 rings (SSSR count). The molecule has 1 aromatic heterocycles. The summed E-state index contributed by atoms with van der Waals surface area (Å²) in [5, 5.41) is 1.99. The highest BCUT2D eigenvalue weighted by Gasteiger charge is 2.24. The van der Waals surface area contributed by atoms with Crippen molar-refractivity contribution in [2.24, 2.45) is 0 Å². The van der Waals surface area contributed by atoms with E-state index in [1.54, 1.807) is 11.3 Å². The summed E-state index contributed by atoms with van der Waals surface area (Å²) in [4.78, 5) is 7.22. The molecule has 5 heteroatoms. The van der Waals surface area contributed by atoms with E-state index in [1.165, 1.54) is 15.3 Å². The molecule has 0 amide bonds. The van der Waals surface area contributed by atoms with Gasteiger partial charge in [-0.25, -0.2) is 4.98 Å². The summed E-state index contributed by atoms with van der Waals surface area (Å²) in [6.07, 6.45) is 2.22. The number of thiazole rings is 1. The van der Waals surface area contributed by atoms with E-state index >= 15 is 0 Å². The second-order valence-corrected chi connectivity index (χ2v) is 8.80. The quantitative estimate of drug-likeness (QED) is 0.465. The van der Waals surface area contributed by atoms with Gasteiger partial charge in [-0.05, 0) is 48.7 Å². The van der Waals surface area contributed by atoms with Crippen molar-refractivity contribution in [2.45, 2.75) is 18.8 Å². The van der Waals surface area contributed by atoms with Crippen LogP contribution in [0.25, 0.3) is 15.9 Å². The molecule has 1 aliphatic heterocycles. The number of likely N-dealkylation sites (tertiary alicyclic amines) is 1. The molecule has 0 spiro atoms. The Bertz CT molecular complexity index is 928. The van der Waals surface area contributed by atoms with Crippen molar-refractivity contribution in [3.8, 4) is 0 Å². The SMILES string of the molecule is C=C(c1cccc(Br)c1)N1CCC(c2nc3cc(Cl)ccc3s2)CC1. The van der Waals surface area contributed by atoms with Gasteiger partial charge < -0.3 is 4.90 Å². The number of halogens is 2. The lowest BCUT2D eigenvalue weighted by atomic mass is 9.96. The van der Waals surface area contributed by atoms with E-state index in [4.69, 9.17) is 16.6 Å². The van der Waals surface area contributed by atoms with E-state index in [0.717, 1.165) is 46.6 Å². The van der Waals surface area contributed by atoms with Gasteiger partial charge in [0.25, 0.3) is 0 Å². The topological polar surface area (TPSA) is 16.1 Å². The zero-order valence-corrected chi connectivity index (χ0v) is 16.9. The molecule has 1 aliphatic rings. The van der Waals surface area contributed by atoms with Crippen LogP contribution < -0.4 is 0 Å². The number of benzene rings is 2. The molecule has 2 aromatic carbocycles. The number of hydrogen-bond acceptors (Lipinski definition) is 3. The zero-order chi connectivity index (χ0) is 17.4. The Labute approximate surface area is 165 Å². The standard InChI is InChI=1S/C20H18BrClN2S/c1-13(15-3-2-4-16(21)11-15)24-9-7-14(8-10-24)20-23-18-12-17(22)5-6-19(18)25-20/h2-6,11-12,14H,1,7-10H2. The lowest BCUT2D eigenvalue weighted by molar-refractivity contribution is 0.299. The highest BCUT2D eigenvalue weighted by molar-refractivity contribution is 9.10. The van der Waals surface area contributed by atoms with Gasteiger partial charge in [0.15, 0.2) is 0 Å². The highest BCUT2D eigenvalue weighted by Crippen LogP contribution is 2.36. The number of piperidine rings is 1. The zero-order valence-electron chi connectivity index (χ0n) is 13.7. The van der Waals surface area contributed by atoms with Crippen molar-refractivity contribution in [2.75, 3.05) is 13.1 Å². The summed E-state index contributed by atoms with van der Waals surface area (Å²) in [5.74, 6) is 0.530. The van der Waals surface area contributed by atoms with Gasteiger partial charge in [0.05, 0.1) is 15.2 Å². The molecule has 0 bridgehead atoms. The molecule has 1 saturated heterocycles. The maximum absolute atomic E-state index is 6.08. The Morgan fingerprint density at radius 3 is 2.76 bits per heavy atom. The van der Waals surface area contributed by atoms with Gasteiger partial charge in [0, 0.05) is 34.2 Å². The molecule has 0 atom stereocenters. The number of fused-ring (bicyclic) bond motifs is 1. The third-order valence-corrected chi connectivity index (χ3v) is 6.68. The Balaban J connectivity index is 1.46. The van der Waals surface area contributed by atoms with Crippen LogP contribution in [0.2, 0.25) is 5.02 Å². The Hall–Kier alpha value is -1.36. The molecule has 0 N–H and O–H groups in total. The van der Waals surface area contributed by atoms with Crippen LogP contribution in [0.5, 0.6) is 0 Å². The Morgan fingerprint density at radius 2 is 2.00 bits per heavy atom. The van der Waals surface area contributed by atoms with Gasteiger partial charge in [-0.2, -0.15) is 0 Å². The first-order chi connectivity index (χ1) is 12.1. The monoisotopic (exact) mass is 432 g/mol. The average molecular weight is 434 g/mol. The Kier molecular flexibility index (Phi) is 4.85. The third-order valence-electron chi connectivity index (χ3n) is 4.75. The molecule has 0 aliphatic carbocycles. The van der Waals surface area contributed by atoms with Crippen molar-refractivity contribution >= 4 is 54.8 Å². The van der Waals surface area contributed by atoms with E-state index < -0.39 is 0 Å². The fourth-order valence-corrected chi connectivity index (χ4v) is 5.02. The summed E-state index contributed by atoms with van der Waals surface area (Å²) in [5.41, 5.74) is 3.31. The van der Waals surface area contributed by atoms with E-state index in [9.17, 15) is 0 Å². The lowest BCUT2D eigenvalue weighted by Gasteiger charge is -2.34. The fourth-order valence-electron chi connectivity index (χ4n) is 3.34. The van der Waals surface area contributed by atoms with Gasteiger partial charge in [-0.15, -0.1) is 11.3 Å². The minimum atomic E-state index is 0.530. The first-order valence-electron chi connectivity index (χ1n) is 8.36. The molecule has 0 saturated carbocycles. The molecule has 1 fully saturated rings. The van der Waals surface area contributed by atoms with Crippen LogP contribution in [0, 0.1) is 0 Å². The number of rotatable bonds is 3.